The van der Waals surface area contributed by atoms with Gasteiger partial charge in [0.15, 0.2) is 0 Å². The highest BCUT2D eigenvalue weighted by molar-refractivity contribution is 7.13. The number of nitrogens with one attached hydrogen (secondary N) is 1. The van der Waals surface area contributed by atoms with Crippen molar-refractivity contribution < 1.29 is 9.53 Å². The zero-order valence-corrected chi connectivity index (χ0v) is 16.5. The lowest BCUT2D eigenvalue weighted by molar-refractivity contribution is 0.102. The lowest BCUT2D eigenvalue weighted by Gasteiger charge is -2.07. The molecule has 3 rings (SSSR count). The van der Waals surface area contributed by atoms with Gasteiger partial charge in [-0.25, -0.2) is 9.97 Å². The Morgan fingerprint density at radius 3 is 2.63 bits per heavy atom. The lowest BCUT2D eigenvalue weighted by Crippen LogP contribution is -2.11. The van der Waals surface area contributed by atoms with E-state index in [4.69, 9.17) is 4.74 Å². The SMILES string of the molecule is Cc1nc(CC(C)C)sc1C(=O)Nc1ccc(OCc2ccccc2)nc1. The summed E-state index contributed by atoms with van der Waals surface area (Å²) >= 11 is 1.46. The number of anilines is 1. The lowest BCUT2D eigenvalue weighted by atomic mass is 10.1. The van der Waals surface area contributed by atoms with Crippen molar-refractivity contribution in [2.45, 2.75) is 33.8 Å². The molecule has 140 valence electrons. The third kappa shape index (κ3) is 5.37. The molecule has 0 aliphatic rings. The number of benzene rings is 1. The second-order valence-electron chi connectivity index (χ2n) is 6.73. The fourth-order valence-corrected chi connectivity index (χ4v) is 3.73. The Bertz CT molecular complexity index is 890. The first-order chi connectivity index (χ1) is 13.0. The van der Waals surface area contributed by atoms with Crippen molar-refractivity contribution in [1.82, 2.24) is 9.97 Å². The van der Waals surface area contributed by atoms with E-state index in [9.17, 15) is 4.79 Å². The van der Waals surface area contributed by atoms with Crippen LogP contribution in [0.25, 0.3) is 0 Å². The molecule has 27 heavy (non-hydrogen) atoms. The minimum absolute atomic E-state index is 0.153. The normalized spacial score (nSPS) is 10.8. The number of thiazole rings is 1. The number of pyridine rings is 1. The maximum atomic E-state index is 12.5. The van der Waals surface area contributed by atoms with E-state index < -0.39 is 0 Å². The average Bonchev–Trinajstić information content (AvgIpc) is 3.01. The maximum absolute atomic E-state index is 12.5. The Hall–Kier alpha value is -2.73. The van der Waals surface area contributed by atoms with Crippen LogP contribution in [0.3, 0.4) is 0 Å². The third-order valence-corrected chi connectivity index (χ3v) is 5.03. The number of aromatic nitrogens is 2. The molecule has 2 aromatic heterocycles. The van der Waals surface area contributed by atoms with E-state index in [1.165, 1.54) is 11.3 Å². The van der Waals surface area contributed by atoms with Crippen LogP contribution >= 0.6 is 11.3 Å². The number of ether oxygens (including phenoxy) is 1. The van der Waals surface area contributed by atoms with E-state index >= 15 is 0 Å². The number of carbonyl (C=O) groups is 1. The van der Waals surface area contributed by atoms with Crippen molar-refractivity contribution in [2.24, 2.45) is 5.92 Å². The molecular weight excluding hydrogens is 358 g/mol. The highest BCUT2D eigenvalue weighted by Crippen LogP contribution is 2.22. The maximum Gasteiger partial charge on any atom is 0.267 e. The Kier molecular flexibility index (Phi) is 6.19. The van der Waals surface area contributed by atoms with Gasteiger partial charge in [-0.15, -0.1) is 11.3 Å². The van der Waals surface area contributed by atoms with Gasteiger partial charge in [-0.1, -0.05) is 44.2 Å². The molecule has 0 unspecified atom stereocenters. The van der Waals surface area contributed by atoms with Crippen LogP contribution in [0.1, 0.15) is 39.8 Å². The number of aryl methyl sites for hydroxylation is 1. The van der Waals surface area contributed by atoms with Gasteiger partial charge in [-0.3, -0.25) is 4.79 Å². The Labute approximate surface area is 163 Å². The fraction of sp³-hybridized carbons (Fsp3) is 0.286. The summed E-state index contributed by atoms with van der Waals surface area (Å²) in [5.74, 6) is 0.879. The van der Waals surface area contributed by atoms with Crippen molar-refractivity contribution in [3.05, 3.63) is 69.8 Å². The predicted octanol–water partition coefficient (Wildman–Crippen LogP) is 4.88. The molecule has 0 fully saturated rings. The molecule has 3 aromatic rings. The molecule has 0 aliphatic heterocycles. The van der Waals surface area contributed by atoms with Crippen LogP contribution in [0, 0.1) is 12.8 Å². The first-order valence-electron chi connectivity index (χ1n) is 8.91. The summed E-state index contributed by atoms with van der Waals surface area (Å²) in [4.78, 5) is 21.9. The molecule has 0 spiro atoms. The van der Waals surface area contributed by atoms with Gasteiger partial charge < -0.3 is 10.1 Å². The smallest absolute Gasteiger partial charge is 0.267 e. The van der Waals surface area contributed by atoms with Crippen LogP contribution in [0.15, 0.2) is 48.7 Å². The van der Waals surface area contributed by atoms with E-state index in [1.807, 2.05) is 37.3 Å². The minimum atomic E-state index is -0.153. The highest BCUT2D eigenvalue weighted by atomic mass is 32.1. The molecule has 0 saturated carbocycles. The van der Waals surface area contributed by atoms with Gasteiger partial charge in [0.2, 0.25) is 5.88 Å². The van der Waals surface area contributed by atoms with Gasteiger partial charge in [0.05, 0.1) is 22.6 Å². The largest absolute Gasteiger partial charge is 0.473 e. The van der Waals surface area contributed by atoms with Gasteiger partial charge in [-0.2, -0.15) is 0 Å². The number of hydrogen-bond acceptors (Lipinski definition) is 5. The zero-order chi connectivity index (χ0) is 19.2. The summed E-state index contributed by atoms with van der Waals surface area (Å²) in [5.41, 5.74) is 2.48. The van der Waals surface area contributed by atoms with Crippen LogP contribution < -0.4 is 10.1 Å². The van der Waals surface area contributed by atoms with E-state index in [1.54, 1.807) is 18.3 Å². The molecule has 1 aromatic carbocycles. The highest BCUT2D eigenvalue weighted by Gasteiger charge is 2.16. The Morgan fingerprint density at radius 1 is 1.19 bits per heavy atom. The Balaban J connectivity index is 1.59. The number of amides is 1. The molecule has 0 bridgehead atoms. The monoisotopic (exact) mass is 381 g/mol. The van der Waals surface area contributed by atoms with Crippen molar-refractivity contribution in [2.75, 3.05) is 5.32 Å². The van der Waals surface area contributed by atoms with E-state index in [0.717, 1.165) is 22.7 Å². The van der Waals surface area contributed by atoms with Crippen LogP contribution in [0.5, 0.6) is 5.88 Å². The third-order valence-electron chi connectivity index (χ3n) is 3.85. The molecule has 1 N–H and O–H groups in total. The summed E-state index contributed by atoms with van der Waals surface area (Å²) in [6.07, 6.45) is 2.48. The van der Waals surface area contributed by atoms with Gasteiger partial charge in [0.1, 0.15) is 11.5 Å². The van der Waals surface area contributed by atoms with Crippen molar-refractivity contribution in [3.63, 3.8) is 0 Å². The average molecular weight is 382 g/mol. The van der Waals surface area contributed by atoms with Crippen LogP contribution in [-0.2, 0) is 13.0 Å². The van der Waals surface area contributed by atoms with E-state index in [2.05, 4.69) is 29.1 Å². The quantitative estimate of drug-likeness (QED) is 0.634. The molecule has 0 aliphatic carbocycles. The van der Waals surface area contributed by atoms with Gasteiger partial charge in [0.25, 0.3) is 5.91 Å². The molecule has 0 saturated heterocycles. The first-order valence-corrected chi connectivity index (χ1v) is 9.73. The summed E-state index contributed by atoms with van der Waals surface area (Å²) in [7, 11) is 0. The molecular formula is C21H23N3O2S. The van der Waals surface area contributed by atoms with Gasteiger partial charge in [-0.05, 0) is 24.5 Å². The summed E-state index contributed by atoms with van der Waals surface area (Å²) < 4.78 is 5.66. The minimum Gasteiger partial charge on any atom is -0.473 e. The first kappa shape index (κ1) is 19.0. The number of nitrogens with zero attached hydrogens (tertiary/aromatic N) is 2. The Morgan fingerprint density at radius 2 is 1.96 bits per heavy atom. The van der Waals surface area contributed by atoms with Crippen molar-refractivity contribution in [1.29, 1.82) is 0 Å². The predicted molar refractivity (Wildman–Crippen MR) is 108 cm³/mol. The van der Waals surface area contributed by atoms with Crippen LogP contribution in [0.4, 0.5) is 5.69 Å². The van der Waals surface area contributed by atoms with E-state index in [-0.39, 0.29) is 5.91 Å². The molecule has 6 heteroatoms. The second kappa shape index (κ2) is 8.77. The summed E-state index contributed by atoms with van der Waals surface area (Å²) in [6.45, 7) is 6.61. The molecule has 0 radical (unpaired) electrons. The summed E-state index contributed by atoms with van der Waals surface area (Å²) in [6, 6.07) is 13.4. The van der Waals surface area contributed by atoms with E-state index in [0.29, 0.717) is 29.0 Å². The standard InChI is InChI=1S/C21H23N3O2S/c1-14(2)11-19-23-15(3)20(27-19)21(25)24-17-9-10-18(22-12-17)26-13-16-7-5-4-6-8-16/h4-10,12,14H,11,13H2,1-3H3,(H,24,25). The number of hydrogen-bond donors (Lipinski definition) is 1. The van der Waals surface area contributed by atoms with Gasteiger partial charge >= 0.3 is 0 Å². The van der Waals surface area contributed by atoms with Crippen molar-refractivity contribution >= 4 is 22.9 Å². The number of carbonyl (C=O) groups excluding carboxylic acids is 1. The zero-order valence-electron chi connectivity index (χ0n) is 15.7. The fourth-order valence-electron chi connectivity index (χ4n) is 2.56. The van der Waals surface area contributed by atoms with Crippen LogP contribution in [0.2, 0.25) is 0 Å². The van der Waals surface area contributed by atoms with Crippen LogP contribution in [-0.4, -0.2) is 15.9 Å². The van der Waals surface area contributed by atoms with Gasteiger partial charge in [0, 0.05) is 12.5 Å². The second-order valence-corrected chi connectivity index (χ2v) is 7.82. The molecule has 5 nitrogen and oxygen atoms in total. The molecule has 2 heterocycles. The molecule has 0 atom stereocenters. The summed E-state index contributed by atoms with van der Waals surface area (Å²) in [5, 5.41) is 3.88. The topological polar surface area (TPSA) is 64.1 Å². The number of rotatable bonds is 7. The van der Waals surface area contributed by atoms with Crippen molar-refractivity contribution in [3.8, 4) is 5.88 Å². The molecule has 1 amide bonds.